The predicted octanol–water partition coefficient (Wildman–Crippen LogP) is 4.84. The second kappa shape index (κ2) is 9.37. The Bertz CT molecular complexity index is 391. The molecule has 122 valence electrons. The van der Waals surface area contributed by atoms with Gasteiger partial charge in [0.1, 0.15) is 0 Å². The van der Waals surface area contributed by atoms with E-state index in [9.17, 15) is 0 Å². The Balaban J connectivity index is 2.63. The van der Waals surface area contributed by atoms with Gasteiger partial charge in [-0.2, -0.15) is 0 Å². The minimum atomic E-state index is -0.0160. The second-order valence-electron chi connectivity index (χ2n) is 6.22. The summed E-state index contributed by atoms with van der Waals surface area (Å²) < 4.78 is 5.45. The van der Waals surface area contributed by atoms with E-state index in [0.29, 0.717) is 12.1 Å². The summed E-state index contributed by atoms with van der Waals surface area (Å²) in [5.41, 5.74) is 2.68. The van der Waals surface area contributed by atoms with E-state index < -0.39 is 0 Å². The van der Waals surface area contributed by atoms with Gasteiger partial charge >= 0.3 is 0 Å². The van der Waals surface area contributed by atoms with Gasteiger partial charge in [0, 0.05) is 30.3 Å². The molecule has 21 heavy (non-hydrogen) atoms. The number of thiol groups is 1. The Hall–Kier alpha value is -0.670. The standard InChI is InChI=1S/C18H33NOS/c1-7-15(4)19-18-10-8-17(9-11-18)13-21(14(2)3)12-16(5)20-6/h8-11,14-16,19,21H,7,12-13H2,1-6H3. The van der Waals surface area contributed by atoms with Crippen molar-refractivity contribution in [2.75, 3.05) is 18.2 Å². The Morgan fingerprint density at radius 3 is 2.19 bits per heavy atom. The highest BCUT2D eigenvalue weighted by atomic mass is 32.2. The number of hydrogen-bond donors (Lipinski definition) is 2. The molecule has 0 radical (unpaired) electrons. The van der Waals surface area contributed by atoms with Gasteiger partial charge in [-0.3, -0.25) is 0 Å². The molecule has 0 heterocycles. The fourth-order valence-corrected chi connectivity index (χ4v) is 4.60. The lowest BCUT2D eigenvalue weighted by Crippen LogP contribution is -2.16. The molecule has 3 atom stereocenters. The van der Waals surface area contributed by atoms with Crippen molar-refractivity contribution in [3.63, 3.8) is 0 Å². The van der Waals surface area contributed by atoms with Crippen molar-refractivity contribution < 1.29 is 4.74 Å². The maximum absolute atomic E-state index is 5.45. The SMILES string of the molecule is CCC(C)Nc1ccc(C[SH](CC(C)OC)C(C)C)cc1. The summed E-state index contributed by atoms with van der Waals surface area (Å²) >= 11 is 0. The molecule has 0 fully saturated rings. The van der Waals surface area contributed by atoms with E-state index in [1.807, 2.05) is 7.11 Å². The molecular weight excluding hydrogens is 278 g/mol. The first-order chi connectivity index (χ1) is 9.96. The molecule has 0 bridgehead atoms. The summed E-state index contributed by atoms with van der Waals surface area (Å²) in [5.74, 6) is 2.39. The van der Waals surface area contributed by atoms with Crippen LogP contribution in [0.15, 0.2) is 24.3 Å². The number of anilines is 1. The molecule has 0 saturated heterocycles. The fraction of sp³-hybridized carbons (Fsp3) is 0.667. The topological polar surface area (TPSA) is 21.3 Å². The molecule has 1 rings (SSSR count). The van der Waals surface area contributed by atoms with Gasteiger partial charge in [0.2, 0.25) is 0 Å². The maximum Gasteiger partial charge on any atom is 0.0617 e. The predicted molar refractivity (Wildman–Crippen MR) is 99.0 cm³/mol. The molecule has 0 spiro atoms. The summed E-state index contributed by atoms with van der Waals surface area (Å²) in [5, 5.41) is 4.27. The van der Waals surface area contributed by atoms with Gasteiger partial charge in [-0.05, 0) is 43.2 Å². The molecule has 0 aromatic heterocycles. The van der Waals surface area contributed by atoms with Gasteiger partial charge in [0.25, 0.3) is 0 Å². The molecule has 3 unspecified atom stereocenters. The van der Waals surface area contributed by atoms with E-state index in [2.05, 4.69) is 64.2 Å². The summed E-state index contributed by atoms with van der Waals surface area (Å²) in [6.45, 7) is 11.3. The third-order valence-electron chi connectivity index (χ3n) is 3.99. The van der Waals surface area contributed by atoms with Crippen molar-refractivity contribution in [3.05, 3.63) is 29.8 Å². The highest BCUT2D eigenvalue weighted by molar-refractivity contribution is 8.16. The van der Waals surface area contributed by atoms with Crippen molar-refractivity contribution in [3.8, 4) is 0 Å². The highest BCUT2D eigenvalue weighted by Crippen LogP contribution is 2.36. The monoisotopic (exact) mass is 311 g/mol. The van der Waals surface area contributed by atoms with E-state index in [1.165, 1.54) is 22.8 Å². The number of benzene rings is 1. The maximum atomic E-state index is 5.45. The molecule has 2 nitrogen and oxygen atoms in total. The molecular formula is C18H33NOS. The van der Waals surface area contributed by atoms with Crippen LogP contribution in [0.5, 0.6) is 0 Å². The van der Waals surface area contributed by atoms with Gasteiger partial charge in [-0.15, -0.1) is 0 Å². The third kappa shape index (κ3) is 6.75. The average Bonchev–Trinajstić information content (AvgIpc) is 2.47. The van der Waals surface area contributed by atoms with Crippen LogP contribution in [-0.2, 0) is 10.5 Å². The van der Waals surface area contributed by atoms with E-state index in [0.717, 1.165) is 11.7 Å². The zero-order chi connectivity index (χ0) is 15.8. The van der Waals surface area contributed by atoms with Crippen molar-refractivity contribution in [1.29, 1.82) is 0 Å². The van der Waals surface area contributed by atoms with Crippen molar-refractivity contribution >= 4 is 16.6 Å². The zero-order valence-electron chi connectivity index (χ0n) is 14.5. The molecule has 0 amide bonds. The van der Waals surface area contributed by atoms with Crippen LogP contribution in [0.4, 0.5) is 5.69 Å². The number of ether oxygens (including phenoxy) is 1. The summed E-state index contributed by atoms with van der Waals surface area (Å²) in [6, 6.07) is 9.52. The van der Waals surface area contributed by atoms with Gasteiger partial charge in [-0.1, -0.05) is 32.9 Å². The lowest BCUT2D eigenvalue weighted by Gasteiger charge is -2.28. The molecule has 0 aliphatic carbocycles. The number of nitrogens with one attached hydrogen (secondary N) is 1. The average molecular weight is 312 g/mol. The first-order valence-corrected chi connectivity index (χ1v) is 9.86. The van der Waals surface area contributed by atoms with E-state index in [4.69, 9.17) is 4.74 Å². The van der Waals surface area contributed by atoms with Crippen LogP contribution in [0, 0.1) is 0 Å². The van der Waals surface area contributed by atoms with Gasteiger partial charge in [0.15, 0.2) is 0 Å². The van der Waals surface area contributed by atoms with E-state index >= 15 is 0 Å². The molecule has 0 aliphatic heterocycles. The smallest absolute Gasteiger partial charge is 0.0617 e. The molecule has 1 aromatic carbocycles. The Labute approximate surface area is 134 Å². The lowest BCUT2D eigenvalue weighted by atomic mass is 10.2. The summed E-state index contributed by atoms with van der Waals surface area (Å²) in [6.07, 6.45) is 1.51. The van der Waals surface area contributed by atoms with E-state index in [1.54, 1.807) is 0 Å². The Kier molecular flexibility index (Phi) is 8.20. The molecule has 0 aliphatic rings. The Morgan fingerprint density at radius 2 is 1.71 bits per heavy atom. The number of hydrogen-bond acceptors (Lipinski definition) is 2. The van der Waals surface area contributed by atoms with Crippen LogP contribution in [0.25, 0.3) is 0 Å². The number of rotatable bonds is 9. The minimum Gasteiger partial charge on any atom is -0.383 e. The second-order valence-corrected chi connectivity index (χ2v) is 9.11. The van der Waals surface area contributed by atoms with Crippen LogP contribution in [-0.4, -0.2) is 30.3 Å². The first kappa shape index (κ1) is 18.4. The largest absolute Gasteiger partial charge is 0.383 e. The van der Waals surface area contributed by atoms with Crippen LogP contribution in [0.2, 0.25) is 0 Å². The highest BCUT2D eigenvalue weighted by Gasteiger charge is 2.13. The van der Waals surface area contributed by atoms with Crippen molar-refractivity contribution in [1.82, 2.24) is 0 Å². The van der Waals surface area contributed by atoms with Crippen LogP contribution < -0.4 is 5.32 Å². The number of methoxy groups -OCH3 is 1. The fourth-order valence-electron chi connectivity index (χ4n) is 2.19. The summed E-state index contributed by atoms with van der Waals surface area (Å²) in [4.78, 5) is 0. The van der Waals surface area contributed by atoms with Crippen molar-refractivity contribution in [2.45, 2.75) is 64.2 Å². The van der Waals surface area contributed by atoms with Crippen LogP contribution in [0.3, 0.4) is 0 Å². The van der Waals surface area contributed by atoms with Crippen LogP contribution >= 0.6 is 10.9 Å². The normalized spacial score (nSPS) is 16.6. The lowest BCUT2D eigenvalue weighted by molar-refractivity contribution is 0.137. The third-order valence-corrected chi connectivity index (χ3v) is 7.20. The van der Waals surface area contributed by atoms with Gasteiger partial charge < -0.3 is 10.1 Å². The Morgan fingerprint density at radius 1 is 1.10 bits per heavy atom. The minimum absolute atomic E-state index is 0.0160. The molecule has 3 heteroatoms. The van der Waals surface area contributed by atoms with Crippen LogP contribution in [0.1, 0.15) is 46.6 Å². The first-order valence-electron chi connectivity index (χ1n) is 8.08. The zero-order valence-corrected chi connectivity index (χ0v) is 15.4. The molecule has 1 N–H and O–H groups in total. The quantitative estimate of drug-likeness (QED) is 0.637. The van der Waals surface area contributed by atoms with E-state index in [-0.39, 0.29) is 10.9 Å². The van der Waals surface area contributed by atoms with Gasteiger partial charge in [0.05, 0.1) is 6.10 Å². The van der Waals surface area contributed by atoms with Gasteiger partial charge in [-0.25, -0.2) is 10.9 Å². The molecule has 0 saturated carbocycles. The van der Waals surface area contributed by atoms with Crippen molar-refractivity contribution in [2.24, 2.45) is 0 Å². The molecule has 1 aromatic rings. The summed E-state index contributed by atoms with van der Waals surface area (Å²) in [7, 11) is 1.80.